The monoisotopic (exact) mass is 286 g/mol. The third-order valence-corrected chi connectivity index (χ3v) is 2.87. The number of nitrogens with one attached hydrogen (secondary N) is 2. The van der Waals surface area contributed by atoms with Crippen molar-refractivity contribution in [2.45, 2.75) is 0 Å². The Labute approximate surface area is 119 Å². The van der Waals surface area contributed by atoms with Crippen LogP contribution in [0, 0.1) is 0 Å². The fourth-order valence-electron chi connectivity index (χ4n) is 1.82. The van der Waals surface area contributed by atoms with E-state index >= 15 is 0 Å². The highest BCUT2D eigenvalue weighted by Gasteiger charge is 2.01. The highest BCUT2D eigenvalue weighted by molar-refractivity contribution is 5.48. The van der Waals surface area contributed by atoms with Gasteiger partial charge in [0.15, 0.2) is 5.65 Å². The maximum Gasteiger partial charge on any atom is 0.348 e. The zero-order chi connectivity index (χ0) is 14.7. The molecule has 8 heteroatoms. The van der Waals surface area contributed by atoms with Crippen LogP contribution in [0.1, 0.15) is 0 Å². The molecule has 2 aromatic heterocycles. The molecule has 2 heterocycles. The van der Waals surface area contributed by atoms with Crippen molar-refractivity contribution in [1.82, 2.24) is 19.6 Å². The molecule has 0 unspecified atom stereocenters. The van der Waals surface area contributed by atoms with Gasteiger partial charge in [-0.1, -0.05) is 0 Å². The third kappa shape index (κ3) is 2.94. The average Bonchev–Trinajstić information content (AvgIpc) is 2.86. The van der Waals surface area contributed by atoms with E-state index in [-0.39, 0.29) is 5.69 Å². The van der Waals surface area contributed by atoms with E-state index in [1.54, 1.807) is 18.2 Å². The first-order chi connectivity index (χ1) is 10.2. The number of aromatic amines is 1. The Kier molecular flexibility index (Phi) is 3.42. The van der Waals surface area contributed by atoms with Crippen LogP contribution in [-0.4, -0.2) is 32.7 Å². The molecule has 3 rings (SSSR count). The van der Waals surface area contributed by atoms with Crippen molar-refractivity contribution in [3.8, 4) is 5.75 Å². The van der Waals surface area contributed by atoms with Crippen molar-refractivity contribution in [2.75, 3.05) is 24.2 Å². The fourth-order valence-corrected chi connectivity index (χ4v) is 1.82. The van der Waals surface area contributed by atoms with Gasteiger partial charge < -0.3 is 15.8 Å². The molecule has 0 bridgehead atoms. The molecular weight excluding hydrogens is 272 g/mol. The summed E-state index contributed by atoms with van der Waals surface area (Å²) >= 11 is 0. The summed E-state index contributed by atoms with van der Waals surface area (Å²) in [6, 6.07) is 8.88. The molecule has 4 N–H and O–H groups in total. The normalized spacial score (nSPS) is 10.7. The minimum atomic E-state index is -0.310. The molecule has 0 aliphatic rings. The molecular formula is C13H14N6O2. The molecule has 0 saturated heterocycles. The lowest BCUT2D eigenvalue weighted by atomic mass is 10.3. The number of aromatic nitrogens is 4. The summed E-state index contributed by atoms with van der Waals surface area (Å²) < 4.78 is 6.88. The van der Waals surface area contributed by atoms with E-state index in [1.807, 2.05) is 12.1 Å². The predicted octanol–water partition coefficient (Wildman–Crippen LogP) is 0.491. The van der Waals surface area contributed by atoms with Gasteiger partial charge >= 0.3 is 5.69 Å². The van der Waals surface area contributed by atoms with Gasteiger partial charge in [0.2, 0.25) is 0 Å². The molecule has 0 radical (unpaired) electrons. The van der Waals surface area contributed by atoms with Crippen molar-refractivity contribution < 1.29 is 4.74 Å². The minimum Gasteiger partial charge on any atom is -0.492 e. The van der Waals surface area contributed by atoms with E-state index in [1.165, 1.54) is 10.7 Å². The van der Waals surface area contributed by atoms with E-state index in [0.29, 0.717) is 30.3 Å². The predicted molar refractivity (Wildman–Crippen MR) is 78.4 cm³/mol. The van der Waals surface area contributed by atoms with Crippen LogP contribution in [0.25, 0.3) is 5.65 Å². The van der Waals surface area contributed by atoms with Crippen LogP contribution in [0.4, 0.5) is 11.5 Å². The van der Waals surface area contributed by atoms with Crippen molar-refractivity contribution in [3.63, 3.8) is 0 Å². The molecule has 3 aromatic rings. The zero-order valence-corrected chi connectivity index (χ0v) is 11.1. The van der Waals surface area contributed by atoms with Crippen molar-refractivity contribution >= 4 is 17.2 Å². The lowest BCUT2D eigenvalue weighted by molar-refractivity contribution is 0.333. The van der Waals surface area contributed by atoms with Gasteiger partial charge in [0.1, 0.15) is 24.5 Å². The van der Waals surface area contributed by atoms with Gasteiger partial charge in [0.25, 0.3) is 0 Å². The minimum absolute atomic E-state index is 0.310. The lowest BCUT2D eigenvalue weighted by Crippen LogP contribution is -2.14. The number of benzene rings is 1. The quantitative estimate of drug-likeness (QED) is 0.465. The molecule has 0 spiro atoms. The van der Waals surface area contributed by atoms with Gasteiger partial charge in [-0.3, -0.25) is 0 Å². The van der Waals surface area contributed by atoms with E-state index < -0.39 is 0 Å². The Morgan fingerprint density at radius 2 is 2.14 bits per heavy atom. The summed E-state index contributed by atoms with van der Waals surface area (Å²) in [5, 5.41) is 9.31. The number of hydrogen-bond acceptors (Lipinski definition) is 6. The maximum absolute atomic E-state index is 11.3. The first kappa shape index (κ1) is 13.0. The summed E-state index contributed by atoms with van der Waals surface area (Å²) in [5.74, 6) is 1.38. The molecule has 0 fully saturated rings. The highest BCUT2D eigenvalue weighted by atomic mass is 16.5. The Hall–Kier alpha value is -3.03. The molecule has 8 nitrogen and oxygen atoms in total. The molecule has 0 aliphatic heterocycles. The second-order valence-corrected chi connectivity index (χ2v) is 4.38. The Morgan fingerprint density at radius 3 is 2.95 bits per heavy atom. The molecule has 0 amide bonds. The van der Waals surface area contributed by atoms with E-state index in [2.05, 4.69) is 20.5 Å². The molecule has 108 valence electrons. The summed E-state index contributed by atoms with van der Waals surface area (Å²) in [4.78, 5) is 15.4. The SMILES string of the molecule is Nc1ccc(OCCNc2cc3n[nH]c(=O)n3cn2)cc1. The van der Waals surface area contributed by atoms with E-state index in [4.69, 9.17) is 10.5 Å². The van der Waals surface area contributed by atoms with E-state index in [0.717, 1.165) is 5.75 Å². The number of rotatable bonds is 5. The Morgan fingerprint density at radius 1 is 1.33 bits per heavy atom. The lowest BCUT2D eigenvalue weighted by Gasteiger charge is -2.08. The molecule has 0 saturated carbocycles. The van der Waals surface area contributed by atoms with Crippen LogP contribution in [-0.2, 0) is 0 Å². The number of nitrogens with zero attached hydrogens (tertiary/aromatic N) is 3. The van der Waals surface area contributed by atoms with E-state index in [9.17, 15) is 4.79 Å². The number of nitrogens with two attached hydrogens (primary N) is 1. The van der Waals surface area contributed by atoms with Crippen molar-refractivity contribution in [3.05, 3.63) is 47.1 Å². The van der Waals surface area contributed by atoms with Crippen LogP contribution in [0.5, 0.6) is 5.75 Å². The first-order valence-electron chi connectivity index (χ1n) is 6.37. The number of hydrogen-bond donors (Lipinski definition) is 3. The topological polar surface area (TPSA) is 110 Å². The second-order valence-electron chi connectivity index (χ2n) is 4.38. The fraction of sp³-hybridized carbons (Fsp3) is 0.154. The van der Waals surface area contributed by atoms with Gasteiger partial charge in [-0.2, -0.15) is 5.10 Å². The number of ether oxygens (including phenoxy) is 1. The highest BCUT2D eigenvalue weighted by Crippen LogP contribution is 2.12. The van der Waals surface area contributed by atoms with Crippen molar-refractivity contribution in [1.29, 1.82) is 0 Å². The molecule has 0 atom stereocenters. The summed E-state index contributed by atoms with van der Waals surface area (Å²) in [6.07, 6.45) is 1.42. The number of H-pyrrole nitrogens is 1. The second kappa shape index (κ2) is 5.53. The average molecular weight is 286 g/mol. The molecule has 0 aliphatic carbocycles. The van der Waals surface area contributed by atoms with Crippen molar-refractivity contribution in [2.24, 2.45) is 0 Å². The number of fused-ring (bicyclic) bond motifs is 1. The van der Waals surface area contributed by atoms with Crippen LogP contribution < -0.4 is 21.5 Å². The van der Waals surface area contributed by atoms with Crippen LogP contribution in [0.2, 0.25) is 0 Å². The van der Waals surface area contributed by atoms with Crippen LogP contribution in [0.3, 0.4) is 0 Å². The summed E-state index contributed by atoms with van der Waals surface area (Å²) in [5.41, 5.74) is 6.50. The summed E-state index contributed by atoms with van der Waals surface area (Å²) in [7, 11) is 0. The van der Waals surface area contributed by atoms with Crippen LogP contribution >= 0.6 is 0 Å². The molecule has 1 aromatic carbocycles. The maximum atomic E-state index is 11.3. The standard InChI is InChI=1S/C13H14N6O2/c14-9-1-3-10(4-2-9)21-6-5-15-11-7-12-17-18-13(20)19(12)8-16-11/h1-4,7-8,15H,5-6,14H2,(H,18,20). The first-order valence-corrected chi connectivity index (χ1v) is 6.37. The largest absolute Gasteiger partial charge is 0.492 e. The Bertz CT molecular complexity index is 792. The smallest absolute Gasteiger partial charge is 0.348 e. The van der Waals surface area contributed by atoms with Gasteiger partial charge in [0.05, 0.1) is 6.54 Å². The number of nitrogen functional groups attached to an aromatic ring is 1. The van der Waals surface area contributed by atoms with Gasteiger partial charge in [-0.15, -0.1) is 0 Å². The third-order valence-electron chi connectivity index (χ3n) is 2.87. The number of anilines is 2. The Balaban J connectivity index is 1.54. The van der Waals surface area contributed by atoms with Gasteiger partial charge in [-0.05, 0) is 24.3 Å². The van der Waals surface area contributed by atoms with Gasteiger partial charge in [0, 0.05) is 11.8 Å². The zero-order valence-electron chi connectivity index (χ0n) is 11.1. The molecule has 21 heavy (non-hydrogen) atoms. The summed E-state index contributed by atoms with van der Waals surface area (Å²) in [6.45, 7) is 1.05. The van der Waals surface area contributed by atoms with Crippen LogP contribution in [0.15, 0.2) is 41.5 Å². The van der Waals surface area contributed by atoms with Gasteiger partial charge in [-0.25, -0.2) is 19.3 Å².